The van der Waals surface area contributed by atoms with Crippen molar-refractivity contribution in [1.82, 2.24) is 5.32 Å². The third-order valence-corrected chi connectivity index (χ3v) is 3.69. The summed E-state index contributed by atoms with van der Waals surface area (Å²) < 4.78 is 24.0. The number of ether oxygens (including phenoxy) is 2. The summed E-state index contributed by atoms with van der Waals surface area (Å²) in [6, 6.07) is 9.61. The van der Waals surface area contributed by atoms with Crippen molar-refractivity contribution in [2.45, 2.75) is 19.9 Å². The third kappa shape index (κ3) is 3.80. The van der Waals surface area contributed by atoms with Gasteiger partial charge in [0.05, 0.1) is 20.3 Å². The van der Waals surface area contributed by atoms with E-state index in [-0.39, 0.29) is 11.9 Å². The number of aryl methyl sites for hydroxylation is 1. The van der Waals surface area contributed by atoms with Gasteiger partial charge in [0.25, 0.3) is 5.91 Å². The summed E-state index contributed by atoms with van der Waals surface area (Å²) in [6.45, 7) is 3.51. The second kappa shape index (κ2) is 7.13. The molecule has 0 aromatic heterocycles. The Kier molecular flexibility index (Phi) is 5.21. The molecule has 122 valence electrons. The Balaban J connectivity index is 2.16. The summed E-state index contributed by atoms with van der Waals surface area (Å²) in [4.78, 5) is 12.2. The van der Waals surface area contributed by atoms with Crippen molar-refractivity contribution in [3.63, 3.8) is 0 Å². The number of methoxy groups -OCH3 is 2. The number of hydrogen-bond acceptors (Lipinski definition) is 3. The molecule has 4 nitrogen and oxygen atoms in total. The van der Waals surface area contributed by atoms with Crippen molar-refractivity contribution < 1.29 is 18.7 Å². The molecule has 0 heterocycles. The van der Waals surface area contributed by atoms with E-state index in [1.807, 2.05) is 13.0 Å². The molecule has 2 aromatic rings. The molecule has 0 aliphatic heterocycles. The minimum atomic E-state index is -0.392. The largest absolute Gasteiger partial charge is 0.493 e. The fraction of sp³-hybridized carbons (Fsp3) is 0.278. The first-order valence-electron chi connectivity index (χ1n) is 7.25. The average molecular weight is 317 g/mol. The minimum absolute atomic E-state index is 0.258. The number of nitrogens with one attached hydrogen (secondary N) is 1. The molecule has 0 saturated carbocycles. The van der Waals surface area contributed by atoms with Gasteiger partial charge in [0, 0.05) is 5.56 Å². The van der Waals surface area contributed by atoms with Crippen LogP contribution in [-0.2, 0) is 0 Å². The number of carbonyl (C=O) groups excluding carboxylic acids is 1. The fourth-order valence-electron chi connectivity index (χ4n) is 2.22. The number of rotatable bonds is 5. The maximum atomic E-state index is 13.6. The van der Waals surface area contributed by atoms with Crippen LogP contribution < -0.4 is 14.8 Å². The molecule has 0 aliphatic carbocycles. The van der Waals surface area contributed by atoms with Crippen molar-refractivity contribution >= 4 is 5.91 Å². The standard InChI is InChI=1S/C18H20FNO3/c1-11-5-6-14(9-15(11)19)18(21)20-12(2)13-7-8-16(22-3)17(10-13)23-4/h5-10,12H,1-4H3,(H,20,21)/t12-/m0/s1. The molecule has 0 radical (unpaired) electrons. The SMILES string of the molecule is COc1ccc([C@H](C)NC(=O)c2ccc(C)c(F)c2)cc1OC. The lowest BCUT2D eigenvalue weighted by Crippen LogP contribution is -2.26. The van der Waals surface area contributed by atoms with Gasteiger partial charge in [-0.05, 0) is 49.2 Å². The smallest absolute Gasteiger partial charge is 0.251 e. The van der Waals surface area contributed by atoms with E-state index in [1.165, 1.54) is 6.07 Å². The van der Waals surface area contributed by atoms with Gasteiger partial charge in [0.2, 0.25) is 0 Å². The first-order chi connectivity index (χ1) is 11.0. The van der Waals surface area contributed by atoms with Gasteiger partial charge in [-0.2, -0.15) is 0 Å². The van der Waals surface area contributed by atoms with Gasteiger partial charge in [0.1, 0.15) is 5.82 Å². The van der Waals surface area contributed by atoms with Crippen molar-refractivity contribution in [2.24, 2.45) is 0 Å². The summed E-state index contributed by atoms with van der Waals surface area (Å²) in [5.41, 5.74) is 1.67. The zero-order valence-corrected chi connectivity index (χ0v) is 13.6. The summed E-state index contributed by atoms with van der Waals surface area (Å²) in [6.07, 6.45) is 0. The minimum Gasteiger partial charge on any atom is -0.493 e. The molecule has 1 atom stereocenters. The Morgan fingerprint density at radius 1 is 1.09 bits per heavy atom. The lowest BCUT2D eigenvalue weighted by molar-refractivity contribution is 0.0939. The van der Waals surface area contributed by atoms with E-state index in [4.69, 9.17) is 9.47 Å². The quantitative estimate of drug-likeness (QED) is 0.916. The monoisotopic (exact) mass is 317 g/mol. The van der Waals surface area contributed by atoms with Crippen LogP contribution in [0, 0.1) is 12.7 Å². The summed E-state index contributed by atoms with van der Waals surface area (Å²) in [5.74, 6) is 0.491. The van der Waals surface area contributed by atoms with Gasteiger partial charge in [-0.15, -0.1) is 0 Å². The maximum absolute atomic E-state index is 13.6. The van der Waals surface area contributed by atoms with Crippen LogP contribution in [0.25, 0.3) is 0 Å². The molecule has 5 heteroatoms. The second-order valence-corrected chi connectivity index (χ2v) is 5.27. The van der Waals surface area contributed by atoms with E-state index in [1.54, 1.807) is 45.4 Å². The lowest BCUT2D eigenvalue weighted by Gasteiger charge is -2.16. The highest BCUT2D eigenvalue weighted by molar-refractivity contribution is 5.94. The molecule has 1 N–H and O–H groups in total. The first-order valence-corrected chi connectivity index (χ1v) is 7.25. The molecule has 2 aromatic carbocycles. The predicted octanol–water partition coefficient (Wildman–Crippen LogP) is 3.64. The molecule has 2 rings (SSSR count). The molecule has 0 aliphatic rings. The second-order valence-electron chi connectivity index (χ2n) is 5.27. The molecule has 0 spiro atoms. The Morgan fingerprint density at radius 3 is 2.39 bits per heavy atom. The molecule has 1 amide bonds. The summed E-state index contributed by atoms with van der Waals surface area (Å²) in [7, 11) is 3.12. The summed E-state index contributed by atoms with van der Waals surface area (Å²) in [5, 5.41) is 2.85. The van der Waals surface area contributed by atoms with E-state index < -0.39 is 5.82 Å². The van der Waals surface area contributed by atoms with Crippen molar-refractivity contribution in [3.05, 3.63) is 58.9 Å². The van der Waals surface area contributed by atoms with Gasteiger partial charge in [0.15, 0.2) is 11.5 Å². The molecular weight excluding hydrogens is 297 g/mol. The van der Waals surface area contributed by atoms with Crippen molar-refractivity contribution in [1.29, 1.82) is 0 Å². The Hall–Kier alpha value is -2.56. The first kappa shape index (κ1) is 16.8. The van der Waals surface area contributed by atoms with Crippen LogP contribution in [0.5, 0.6) is 11.5 Å². The number of carbonyl (C=O) groups is 1. The van der Waals surface area contributed by atoms with E-state index in [0.717, 1.165) is 5.56 Å². The van der Waals surface area contributed by atoms with Gasteiger partial charge in [-0.1, -0.05) is 12.1 Å². The highest BCUT2D eigenvalue weighted by atomic mass is 19.1. The number of amides is 1. The normalized spacial score (nSPS) is 11.7. The third-order valence-electron chi connectivity index (χ3n) is 3.69. The topological polar surface area (TPSA) is 47.6 Å². The van der Waals surface area contributed by atoms with Crippen LogP contribution >= 0.6 is 0 Å². The molecular formula is C18H20FNO3. The van der Waals surface area contributed by atoms with Gasteiger partial charge in [-0.3, -0.25) is 4.79 Å². The van der Waals surface area contributed by atoms with E-state index in [9.17, 15) is 9.18 Å². The highest BCUT2D eigenvalue weighted by Gasteiger charge is 2.14. The van der Waals surface area contributed by atoms with Crippen molar-refractivity contribution in [2.75, 3.05) is 14.2 Å². The van der Waals surface area contributed by atoms with Crippen LogP contribution in [0.3, 0.4) is 0 Å². The van der Waals surface area contributed by atoms with Gasteiger partial charge in [-0.25, -0.2) is 4.39 Å². The Morgan fingerprint density at radius 2 is 1.78 bits per heavy atom. The zero-order chi connectivity index (χ0) is 17.0. The van der Waals surface area contributed by atoms with Crippen LogP contribution in [0.15, 0.2) is 36.4 Å². The molecule has 0 fully saturated rings. The van der Waals surface area contributed by atoms with E-state index in [0.29, 0.717) is 22.6 Å². The van der Waals surface area contributed by atoms with Gasteiger partial charge >= 0.3 is 0 Å². The van der Waals surface area contributed by atoms with Crippen LogP contribution in [-0.4, -0.2) is 20.1 Å². The van der Waals surface area contributed by atoms with Crippen LogP contribution in [0.4, 0.5) is 4.39 Å². The van der Waals surface area contributed by atoms with Gasteiger partial charge < -0.3 is 14.8 Å². The Labute approximate surface area is 135 Å². The zero-order valence-electron chi connectivity index (χ0n) is 13.6. The van der Waals surface area contributed by atoms with E-state index in [2.05, 4.69) is 5.32 Å². The molecule has 0 saturated heterocycles. The predicted molar refractivity (Wildman–Crippen MR) is 86.6 cm³/mol. The number of halogens is 1. The molecule has 0 unspecified atom stereocenters. The van der Waals surface area contributed by atoms with Crippen molar-refractivity contribution in [3.8, 4) is 11.5 Å². The number of benzene rings is 2. The lowest BCUT2D eigenvalue weighted by atomic mass is 10.1. The van der Waals surface area contributed by atoms with E-state index >= 15 is 0 Å². The average Bonchev–Trinajstić information content (AvgIpc) is 2.56. The fourth-order valence-corrected chi connectivity index (χ4v) is 2.22. The van der Waals surface area contributed by atoms with Crippen LogP contribution in [0.2, 0.25) is 0 Å². The van der Waals surface area contributed by atoms with Crippen LogP contribution in [0.1, 0.15) is 34.5 Å². The molecule has 0 bridgehead atoms. The highest BCUT2D eigenvalue weighted by Crippen LogP contribution is 2.30. The Bertz CT molecular complexity index is 715. The number of hydrogen-bond donors (Lipinski definition) is 1. The summed E-state index contributed by atoms with van der Waals surface area (Å²) >= 11 is 0. The maximum Gasteiger partial charge on any atom is 0.251 e. The molecule has 23 heavy (non-hydrogen) atoms.